The van der Waals surface area contributed by atoms with E-state index in [0.29, 0.717) is 0 Å². The maximum Gasteiger partial charge on any atom is 0.262 e. The third-order valence-corrected chi connectivity index (χ3v) is 2.67. The summed E-state index contributed by atoms with van der Waals surface area (Å²) in [5.41, 5.74) is 0.886. The van der Waals surface area contributed by atoms with Gasteiger partial charge in [-0.15, -0.1) is 0 Å². The molecule has 0 aliphatic carbocycles. The number of H-pyrrole nitrogens is 1. The number of amides is 1. The Kier molecular flexibility index (Phi) is 3.10. The highest BCUT2D eigenvalue weighted by molar-refractivity contribution is 6.04. The monoisotopic (exact) mass is 251 g/mol. The summed E-state index contributed by atoms with van der Waals surface area (Å²) in [6, 6.07) is 3.26. The van der Waals surface area contributed by atoms with Crippen LogP contribution in [0.2, 0.25) is 0 Å². The van der Waals surface area contributed by atoms with Crippen molar-refractivity contribution in [1.29, 1.82) is 0 Å². The van der Waals surface area contributed by atoms with Crippen molar-refractivity contribution in [3.05, 3.63) is 46.7 Å². The van der Waals surface area contributed by atoms with E-state index in [1.54, 1.807) is 13.8 Å². The third-order valence-electron chi connectivity index (χ3n) is 2.67. The van der Waals surface area contributed by atoms with E-state index in [2.05, 4.69) is 15.5 Å². The SMILES string of the molecule is Cc1[nH]nc(NC(=O)c2c(F)cccc2F)c1C. The zero-order valence-corrected chi connectivity index (χ0v) is 9.84. The minimum atomic E-state index is -0.905. The van der Waals surface area contributed by atoms with E-state index in [1.807, 2.05) is 0 Å². The normalized spacial score (nSPS) is 10.4. The second kappa shape index (κ2) is 4.56. The topological polar surface area (TPSA) is 57.8 Å². The fourth-order valence-electron chi connectivity index (χ4n) is 1.49. The molecule has 0 aliphatic rings. The molecule has 0 atom stereocenters. The fourth-order valence-corrected chi connectivity index (χ4v) is 1.49. The van der Waals surface area contributed by atoms with Crippen LogP contribution in [0.25, 0.3) is 0 Å². The van der Waals surface area contributed by atoms with Crippen LogP contribution in [0.4, 0.5) is 14.6 Å². The number of aromatic amines is 1. The summed E-state index contributed by atoms with van der Waals surface area (Å²) in [5.74, 6) is -2.41. The molecule has 0 radical (unpaired) electrons. The smallest absolute Gasteiger partial charge is 0.262 e. The van der Waals surface area contributed by atoms with E-state index >= 15 is 0 Å². The molecule has 18 heavy (non-hydrogen) atoms. The molecule has 0 unspecified atom stereocenters. The lowest BCUT2D eigenvalue weighted by Crippen LogP contribution is -2.16. The third kappa shape index (κ3) is 2.09. The van der Waals surface area contributed by atoms with Crippen molar-refractivity contribution in [1.82, 2.24) is 10.2 Å². The molecule has 2 rings (SSSR count). The number of anilines is 1. The van der Waals surface area contributed by atoms with Gasteiger partial charge in [-0.1, -0.05) is 6.07 Å². The first-order chi connectivity index (χ1) is 8.50. The van der Waals surface area contributed by atoms with Crippen molar-refractivity contribution in [3.8, 4) is 0 Å². The van der Waals surface area contributed by atoms with Gasteiger partial charge in [0.1, 0.15) is 17.2 Å². The number of aryl methyl sites for hydroxylation is 1. The summed E-state index contributed by atoms with van der Waals surface area (Å²) in [7, 11) is 0. The summed E-state index contributed by atoms with van der Waals surface area (Å²) in [5, 5.41) is 8.88. The molecule has 0 saturated heterocycles. The first-order valence-corrected chi connectivity index (χ1v) is 5.27. The second-order valence-corrected chi connectivity index (χ2v) is 3.87. The molecule has 1 amide bonds. The lowest BCUT2D eigenvalue weighted by molar-refractivity contribution is 0.101. The summed E-state index contributed by atoms with van der Waals surface area (Å²) >= 11 is 0. The fraction of sp³-hybridized carbons (Fsp3) is 0.167. The van der Waals surface area contributed by atoms with Crippen LogP contribution in [0, 0.1) is 25.5 Å². The number of aromatic nitrogens is 2. The van der Waals surface area contributed by atoms with Crippen LogP contribution in [0.1, 0.15) is 21.6 Å². The number of nitrogens with zero attached hydrogens (tertiary/aromatic N) is 1. The predicted molar refractivity (Wildman–Crippen MR) is 62.4 cm³/mol. The molecule has 4 nitrogen and oxygen atoms in total. The van der Waals surface area contributed by atoms with E-state index in [9.17, 15) is 13.6 Å². The number of halogens is 2. The average molecular weight is 251 g/mol. The van der Waals surface area contributed by atoms with E-state index in [1.165, 1.54) is 6.07 Å². The quantitative estimate of drug-likeness (QED) is 0.861. The number of carbonyl (C=O) groups excluding carboxylic acids is 1. The Bertz CT molecular complexity index is 587. The van der Waals surface area contributed by atoms with Gasteiger partial charge in [0.25, 0.3) is 5.91 Å². The van der Waals surface area contributed by atoms with Crippen LogP contribution >= 0.6 is 0 Å². The van der Waals surface area contributed by atoms with Crippen LogP contribution in [0.3, 0.4) is 0 Å². The van der Waals surface area contributed by atoms with E-state index in [-0.39, 0.29) is 5.82 Å². The van der Waals surface area contributed by atoms with Gasteiger partial charge >= 0.3 is 0 Å². The average Bonchev–Trinajstić information content (AvgIpc) is 2.61. The van der Waals surface area contributed by atoms with Crippen LogP contribution < -0.4 is 5.32 Å². The second-order valence-electron chi connectivity index (χ2n) is 3.87. The van der Waals surface area contributed by atoms with Gasteiger partial charge in [-0.25, -0.2) is 8.78 Å². The van der Waals surface area contributed by atoms with Crippen molar-refractivity contribution >= 4 is 11.7 Å². The van der Waals surface area contributed by atoms with Crippen molar-refractivity contribution < 1.29 is 13.6 Å². The predicted octanol–water partition coefficient (Wildman–Crippen LogP) is 2.56. The number of benzene rings is 1. The molecule has 0 saturated carbocycles. The minimum absolute atomic E-state index is 0.264. The summed E-state index contributed by atoms with van der Waals surface area (Å²) < 4.78 is 26.8. The molecule has 0 spiro atoms. The first-order valence-electron chi connectivity index (χ1n) is 5.27. The lowest BCUT2D eigenvalue weighted by Gasteiger charge is -2.05. The summed E-state index contributed by atoms with van der Waals surface area (Å²) in [6.07, 6.45) is 0. The number of carbonyl (C=O) groups is 1. The molecule has 94 valence electrons. The zero-order chi connectivity index (χ0) is 13.3. The number of nitrogens with one attached hydrogen (secondary N) is 2. The maximum absolute atomic E-state index is 13.4. The Hall–Kier alpha value is -2.24. The van der Waals surface area contributed by atoms with E-state index in [4.69, 9.17) is 0 Å². The molecular weight excluding hydrogens is 240 g/mol. The Morgan fingerprint density at radius 3 is 2.39 bits per heavy atom. The van der Waals surface area contributed by atoms with Gasteiger partial charge in [0.2, 0.25) is 0 Å². The molecule has 1 heterocycles. The number of rotatable bonds is 2. The molecule has 0 fully saturated rings. The Morgan fingerprint density at radius 2 is 1.89 bits per heavy atom. The van der Waals surface area contributed by atoms with E-state index in [0.717, 1.165) is 23.4 Å². The van der Waals surface area contributed by atoms with Crippen molar-refractivity contribution in [2.24, 2.45) is 0 Å². The lowest BCUT2D eigenvalue weighted by atomic mass is 10.2. The molecule has 1 aromatic carbocycles. The Morgan fingerprint density at radius 1 is 1.28 bits per heavy atom. The summed E-state index contributed by atoms with van der Waals surface area (Å²) in [4.78, 5) is 11.8. The van der Waals surface area contributed by atoms with Gasteiger partial charge in [0.15, 0.2) is 5.82 Å². The highest BCUT2D eigenvalue weighted by atomic mass is 19.1. The van der Waals surface area contributed by atoms with Crippen LogP contribution in [0.15, 0.2) is 18.2 Å². The van der Waals surface area contributed by atoms with Crippen LogP contribution in [-0.2, 0) is 0 Å². The van der Waals surface area contributed by atoms with Crippen molar-refractivity contribution in [3.63, 3.8) is 0 Å². The Labute approximate surface area is 102 Å². The van der Waals surface area contributed by atoms with Gasteiger partial charge in [-0.2, -0.15) is 5.10 Å². The van der Waals surface area contributed by atoms with Crippen LogP contribution in [-0.4, -0.2) is 16.1 Å². The van der Waals surface area contributed by atoms with Crippen molar-refractivity contribution in [2.75, 3.05) is 5.32 Å². The first kappa shape index (κ1) is 12.2. The molecular formula is C12H11F2N3O. The van der Waals surface area contributed by atoms with E-state index < -0.39 is 23.1 Å². The molecule has 2 aromatic rings. The van der Waals surface area contributed by atoms with Gasteiger partial charge in [-0.3, -0.25) is 9.89 Å². The van der Waals surface area contributed by atoms with Gasteiger partial charge < -0.3 is 5.32 Å². The van der Waals surface area contributed by atoms with Gasteiger partial charge in [0.05, 0.1) is 0 Å². The highest BCUT2D eigenvalue weighted by Crippen LogP contribution is 2.17. The van der Waals surface area contributed by atoms with Crippen LogP contribution in [0.5, 0.6) is 0 Å². The van der Waals surface area contributed by atoms with Gasteiger partial charge in [0, 0.05) is 11.3 Å². The number of hydrogen-bond acceptors (Lipinski definition) is 2. The summed E-state index contributed by atoms with van der Waals surface area (Å²) in [6.45, 7) is 3.52. The zero-order valence-electron chi connectivity index (χ0n) is 9.84. The Balaban J connectivity index is 2.31. The molecule has 0 aliphatic heterocycles. The number of hydrogen-bond donors (Lipinski definition) is 2. The van der Waals surface area contributed by atoms with Gasteiger partial charge in [-0.05, 0) is 26.0 Å². The standard InChI is InChI=1S/C12H11F2N3O/c1-6-7(2)16-17-11(6)15-12(18)10-8(13)4-3-5-9(10)14/h3-5H,1-2H3,(H2,15,16,17,18). The molecule has 1 aromatic heterocycles. The molecule has 0 bridgehead atoms. The largest absolute Gasteiger partial charge is 0.305 e. The van der Waals surface area contributed by atoms with Crippen molar-refractivity contribution in [2.45, 2.75) is 13.8 Å². The molecule has 6 heteroatoms. The molecule has 2 N–H and O–H groups in total. The maximum atomic E-state index is 13.4. The highest BCUT2D eigenvalue weighted by Gasteiger charge is 2.18. The minimum Gasteiger partial charge on any atom is -0.305 e.